The van der Waals surface area contributed by atoms with Gasteiger partial charge in [-0.05, 0) is 32.9 Å². The normalized spacial score (nSPS) is 13.3. The van der Waals surface area contributed by atoms with E-state index in [9.17, 15) is 8.42 Å². The van der Waals surface area contributed by atoms with Gasteiger partial charge in [0.25, 0.3) is 0 Å². The number of halogens is 1. The monoisotopic (exact) mass is 365 g/mol. The first-order valence-electron chi connectivity index (χ1n) is 6.95. The molecule has 1 heterocycles. The summed E-state index contributed by atoms with van der Waals surface area (Å²) in [6, 6.07) is 3.84. The third-order valence-corrected chi connectivity index (χ3v) is 7.01. The third-order valence-electron chi connectivity index (χ3n) is 3.18. The van der Waals surface area contributed by atoms with Crippen LogP contribution in [-0.2, 0) is 16.4 Å². The van der Waals surface area contributed by atoms with Crippen LogP contribution >= 0.6 is 22.9 Å². The Bertz CT molecular complexity index is 618. The first-order valence-corrected chi connectivity index (χ1v) is 9.80. The van der Waals surface area contributed by atoms with Crippen LogP contribution in [0.3, 0.4) is 0 Å². The number of hydrogen-bond donors (Lipinski definition) is 1. The van der Waals surface area contributed by atoms with E-state index in [1.165, 1.54) is 11.3 Å². The quantitative estimate of drug-likeness (QED) is 0.643. The molecule has 126 valence electrons. The minimum atomic E-state index is -3.13. The summed E-state index contributed by atoms with van der Waals surface area (Å²) in [6.07, 6.45) is 0. The second-order valence-electron chi connectivity index (χ2n) is 5.97. The van der Waals surface area contributed by atoms with Gasteiger partial charge in [0, 0.05) is 25.5 Å². The number of guanidine groups is 1. The van der Waals surface area contributed by atoms with Gasteiger partial charge < -0.3 is 10.2 Å². The maximum atomic E-state index is 12.1. The van der Waals surface area contributed by atoms with Crippen molar-refractivity contribution in [1.82, 2.24) is 10.2 Å². The lowest BCUT2D eigenvalue weighted by Gasteiger charge is -2.23. The van der Waals surface area contributed by atoms with Gasteiger partial charge >= 0.3 is 0 Å². The average molecular weight is 366 g/mol. The largest absolute Gasteiger partial charge is 0.355 e. The van der Waals surface area contributed by atoms with Crippen LogP contribution < -0.4 is 5.32 Å². The van der Waals surface area contributed by atoms with Crippen molar-refractivity contribution >= 4 is 38.7 Å². The van der Waals surface area contributed by atoms with E-state index in [1.54, 1.807) is 27.8 Å². The van der Waals surface area contributed by atoms with Crippen LogP contribution in [0.1, 0.15) is 25.6 Å². The summed E-state index contributed by atoms with van der Waals surface area (Å²) in [5.41, 5.74) is 0. The number of rotatable bonds is 5. The SMILES string of the molecule is CN=C(NCCS(=O)(=O)C(C)(C)C)N(C)Cc1ccc(Cl)s1. The van der Waals surface area contributed by atoms with Crippen LogP contribution in [0.15, 0.2) is 17.1 Å². The lowest BCUT2D eigenvalue weighted by molar-refractivity contribution is 0.483. The van der Waals surface area contributed by atoms with E-state index in [0.717, 1.165) is 9.21 Å². The Kier molecular flexibility index (Phi) is 6.70. The molecule has 0 aliphatic carbocycles. The van der Waals surface area contributed by atoms with Crippen LogP contribution in [-0.4, -0.2) is 50.4 Å². The number of thiophene rings is 1. The minimum absolute atomic E-state index is 0.0776. The fourth-order valence-electron chi connectivity index (χ4n) is 1.73. The van der Waals surface area contributed by atoms with Gasteiger partial charge in [0.15, 0.2) is 15.8 Å². The molecular weight excluding hydrogens is 342 g/mol. The topological polar surface area (TPSA) is 61.8 Å². The fraction of sp³-hybridized carbons (Fsp3) is 0.643. The Hall–Kier alpha value is -0.790. The molecule has 0 unspecified atom stereocenters. The number of nitrogens with zero attached hydrogens (tertiary/aromatic N) is 2. The number of sulfone groups is 1. The lowest BCUT2D eigenvalue weighted by Crippen LogP contribution is -2.42. The van der Waals surface area contributed by atoms with Gasteiger partial charge in [-0.25, -0.2) is 8.42 Å². The molecule has 0 aliphatic rings. The van der Waals surface area contributed by atoms with Gasteiger partial charge in [-0.3, -0.25) is 4.99 Å². The maximum absolute atomic E-state index is 12.1. The highest BCUT2D eigenvalue weighted by Crippen LogP contribution is 2.22. The third kappa shape index (κ3) is 5.44. The Balaban J connectivity index is 2.56. The second-order valence-corrected chi connectivity index (χ2v) is 10.6. The van der Waals surface area contributed by atoms with Crippen LogP contribution in [0, 0.1) is 0 Å². The van der Waals surface area contributed by atoms with Gasteiger partial charge in [-0.2, -0.15) is 0 Å². The van der Waals surface area contributed by atoms with Crippen molar-refractivity contribution < 1.29 is 8.42 Å². The maximum Gasteiger partial charge on any atom is 0.193 e. The molecule has 1 aromatic heterocycles. The zero-order valence-electron chi connectivity index (χ0n) is 13.7. The molecule has 1 aromatic rings. The van der Waals surface area contributed by atoms with Gasteiger partial charge in [-0.15, -0.1) is 11.3 Å². The van der Waals surface area contributed by atoms with Crippen LogP contribution in [0.2, 0.25) is 4.34 Å². The van der Waals surface area contributed by atoms with Gasteiger partial charge in [0.1, 0.15) is 0 Å². The van der Waals surface area contributed by atoms with Crippen molar-refractivity contribution in [3.8, 4) is 0 Å². The Labute approximate surface area is 142 Å². The molecule has 0 saturated heterocycles. The predicted molar refractivity (Wildman–Crippen MR) is 95.7 cm³/mol. The van der Waals surface area contributed by atoms with E-state index in [1.807, 2.05) is 24.1 Å². The molecule has 0 amide bonds. The first-order chi connectivity index (χ1) is 10.1. The average Bonchev–Trinajstić information content (AvgIpc) is 2.78. The van der Waals surface area contributed by atoms with Crippen LogP contribution in [0.4, 0.5) is 0 Å². The van der Waals surface area contributed by atoms with Crippen molar-refractivity contribution in [2.24, 2.45) is 4.99 Å². The van der Waals surface area contributed by atoms with Gasteiger partial charge in [-0.1, -0.05) is 11.6 Å². The Morgan fingerprint density at radius 1 is 1.41 bits per heavy atom. The second kappa shape index (κ2) is 7.66. The zero-order valence-corrected chi connectivity index (χ0v) is 16.1. The minimum Gasteiger partial charge on any atom is -0.355 e. The molecule has 1 N–H and O–H groups in total. The summed E-state index contributed by atoms with van der Waals surface area (Å²) < 4.78 is 24.2. The van der Waals surface area contributed by atoms with E-state index in [4.69, 9.17) is 11.6 Å². The molecule has 0 bridgehead atoms. The van der Waals surface area contributed by atoms with Crippen molar-refractivity contribution in [3.05, 3.63) is 21.3 Å². The highest BCUT2D eigenvalue weighted by Gasteiger charge is 2.28. The van der Waals surface area contributed by atoms with Crippen LogP contribution in [0.25, 0.3) is 0 Å². The Morgan fingerprint density at radius 3 is 2.50 bits per heavy atom. The summed E-state index contributed by atoms with van der Waals surface area (Å²) in [4.78, 5) is 7.24. The van der Waals surface area contributed by atoms with Crippen molar-refractivity contribution in [3.63, 3.8) is 0 Å². The molecule has 0 spiro atoms. The summed E-state index contributed by atoms with van der Waals surface area (Å²) in [7, 11) is 0.449. The fourth-order valence-corrected chi connectivity index (χ4v) is 3.86. The highest BCUT2D eigenvalue weighted by atomic mass is 35.5. The van der Waals surface area contributed by atoms with E-state index in [0.29, 0.717) is 19.0 Å². The molecule has 0 aliphatic heterocycles. The molecule has 0 aromatic carbocycles. The summed E-state index contributed by atoms with van der Waals surface area (Å²) in [6.45, 7) is 6.14. The molecule has 0 radical (unpaired) electrons. The molecule has 0 atom stereocenters. The number of aliphatic imine (C=N–C) groups is 1. The predicted octanol–water partition coefficient (Wildman–Crippen LogP) is 2.62. The summed E-state index contributed by atoms with van der Waals surface area (Å²) in [5.74, 6) is 0.738. The standard InChI is InChI=1S/C14H24ClN3O2S2/c1-14(2,3)22(19,20)9-8-17-13(16-4)18(5)10-11-6-7-12(15)21-11/h6-7H,8-10H2,1-5H3,(H,16,17). The van der Waals surface area contributed by atoms with E-state index < -0.39 is 14.6 Å². The Morgan fingerprint density at radius 2 is 2.05 bits per heavy atom. The molecule has 5 nitrogen and oxygen atoms in total. The molecule has 8 heteroatoms. The summed E-state index contributed by atoms with van der Waals surface area (Å²) in [5, 5.41) is 3.09. The molecule has 0 fully saturated rings. The molecular formula is C14H24ClN3O2S2. The van der Waals surface area contributed by atoms with Crippen molar-refractivity contribution in [2.75, 3.05) is 26.4 Å². The lowest BCUT2D eigenvalue weighted by atomic mass is 10.3. The van der Waals surface area contributed by atoms with E-state index >= 15 is 0 Å². The number of nitrogens with one attached hydrogen (secondary N) is 1. The zero-order chi connectivity index (χ0) is 17.0. The van der Waals surface area contributed by atoms with Gasteiger partial charge in [0.05, 0.1) is 21.4 Å². The molecule has 0 saturated carbocycles. The first kappa shape index (κ1) is 19.3. The van der Waals surface area contributed by atoms with Crippen LogP contribution in [0.5, 0.6) is 0 Å². The van der Waals surface area contributed by atoms with E-state index in [-0.39, 0.29) is 5.75 Å². The van der Waals surface area contributed by atoms with Gasteiger partial charge in [0.2, 0.25) is 0 Å². The number of hydrogen-bond acceptors (Lipinski definition) is 4. The summed E-state index contributed by atoms with van der Waals surface area (Å²) >= 11 is 7.44. The smallest absolute Gasteiger partial charge is 0.193 e. The van der Waals surface area contributed by atoms with E-state index in [2.05, 4.69) is 10.3 Å². The highest BCUT2D eigenvalue weighted by molar-refractivity contribution is 7.92. The van der Waals surface area contributed by atoms with Crippen molar-refractivity contribution in [2.45, 2.75) is 32.1 Å². The molecule has 1 rings (SSSR count). The van der Waals surface area contributed by atoms with Crippen molar-refractivity contribution in [1.29, 1.82) is 0 Å². The molecule has 22 heavy (non-hydrogen) atoms.